The summed E-state index contributed by atoms with van der Waals surface area (Å²) in [5, 5.41) is 0. The van der Waals surface area contributed by atoms with Crippen LogP contribution in [0.1, 0.15) is 10.4 Å². The van der Waals surface area contributed by atoms with Crippen molar-refractivity contribution >= 4 is 15.9 Å². The van der Waals surface area contributed by atoms with Crippen molar-refractivity contribution in [2.75, 3.05) is 46.5 Å². The highest BCUT2D eigenvalue weighted by atomic mass is 32.2. The zero-order valence-corrected chi connectivity index (χ0v) is 16.9. The molecular weight excluding hydrogens is 396 g/mol. The van der Waals surface area contributed by atoms with Gasteiger partial charge in [0.15, 0.2) is 11.5 Å². The van der Waals surface area contributed by atoms with Gasteiger partial charge in [0.05, 0.1) is 12.0 Å². The zero-order chi connectivity index (χ0) is 20.4. The van der Waals surface area contributed by atoms with E-state index in [1.54, 1.807) is 42.3 Å². The largest absolute Gasteiger partial charge is 0.497 e. The van der Waals surface area contributed by atoms with Crippen molar-refractivity contribution in [2.45, 2.75) is 4.90 Å². The lowest BCUT2D eigenvalue weighted by molar-refractivity contribution is 0.0697. The van der Waals surface area contributed by atoms with Gasteiger partial charge in [-0.3, -0.25) is 4.79 Å². The number of methoxy groups -OCH3 is 1. The van der Waals surface area contributed by atoms with Crippen molar-refractivity contribution in [3.8, 4) is 17.2 Å². The highest BCUT2D eigenvalue weighted by Gasteiger charge is 2.31. The van der Waals surface area contributed by atoms with Crippen molar-refractivity contribution in [1.82, 2.24) is 9.21 Å². The molecule has 0 atom stereocenters. The van der Waals surface area contributed by atoms with Gasteiger partial charge >= 0.3 is 0 Å². The number of carbonyl (C=O) groups excluding carboxylic acids is 1. The Morgan fingerprint density at radius 3 is 2.41 bits per heavy atom. The van der Waals surface area contributed by atoms with Crippen LogP contribution in [0.4, 0.5) is 0 Å². The molecule has 2 aliphatic rings. The van der Waals surface area contributed by atoms with Crippen LogP contribution in [0.25, 0.3) is 0 Å². The lowest BCUT2D eigenvalue weighted by Gasteiger charge is -2.34. The second kappa shape index (κ2) is 7.92. The van der Waals surface area contributed by atoms with Gasteiger partial charge in [0, 0.05) is 37.8 Å². The quantitative estimate of drug-likeness (QED) is 0.750. The summed E-state index contributed by atoms with van der Waals surface area (Å²) >= 11 is 0. The summed E-state index contributed by atoms with van der Waals surface area (Å²) in [6.07, 6.45) is 0. The molecule has 2 heterocycles. The second-order valence-corrected chi connectivity index (χ2v) is 8.67. The summed E-state index contributed by atoms with van der Waals surface area (Å²) in [7, 11) is -2.13. The van der Waals surface area contributed by atoms with Crippen LogP contribution in [0.15, 0.2) is 47.4 Å². The van der Waals surface area contributed by atoms with E-state index >= 15 is 0 Å². The number of benzene rings is 2. The molecule has 0 radical (unpaired) electrons. The number of fused-ring (bicyclic) bond motifs is 1. The molecule has 2 aromatic rings. The first kappa shape index (κ1) is 19.5. The summed E-state index contributed by atoms with van der Waals surface area (Å²) in [5.74, 6) is 1.45. The summed E-state index contributed by atoms with van der Waals surface area (Å²) in [6, 6.07) is 11.6. The molecular formula is C20H22N2O6S. The van der Waals surface area contributed by atoms with Gasteiger partial charge in [-0.25, -0.2) is 8.42 Å². The van der Waals surface area contributed by atoms with Crippen LogP contribution in [-0.4, -0.2) is 70.0 Å². The van der Waals surface area contributed by atoms with Crippen molar-refractivity contribution in [1.29, 1.82) is 0 Å². The minimum atomic E-state index is -3.68. The van der Waals surface area contributed by atoms with Crippen LogP contribution in [0.2, 0.25) is 0 Å². The van der Waals surface area contributed by atoms with Gasteiger partial charge in [0.1, 0.15) is 19.0 Å². The number of hydrogen-bond acceptors (Lipinski definition) is 6. The summed E-state index contributed by atoms with van der Waals surface area (Å²) in [6.45, 7) is 1.93. The van der Waals surface area contributed by atoms with E-state index in [-0.39, 0.29) is 23.9 Å². The molecule has 0 bridgehead atoms. The molecule has 0 spiro atoms. The summed E-state index contributed by atoms with van der Waals surface area (Å²) < 4.78 is 43.5. The normalized spacial score (nSPS) is 17.1. The van der Waals surface area contributed by atoms with E-state index in [1.165, 1.54) is 16.4 Å². The molecule has 1 fully saturated rings. The molecule has 1 saturated heterocycles. The smallest absolute Gasteiger partial charge is 0.254 e. The molecule has 0 aromatic heterocycles. The van der Waals surface area contributed by atoms with Crippen molar-refractivity contribution in [3.63, 3.8) is 0 Å². The molecule has 154 valence electrons. The molecule has 0 aliphatic carbocycles. The predicted octanol–water partition coefficient (Wildman–Crippen LogP) is 1.61. The average molecular weight is 418 g/mol. The average Bonchev–Trinajstić information content (AvgIpc) is 2.78. The van der Waals surface area contributed by atoms with E-state index in [2.05, 4.69) is 0 Å². The first-order chi connectivity index (χ1) is 14.0. The zero-order valence-electron chi connectivity index (χ0n) is 16.0. The molecule has 1 amide bonds. The van der Waals surface area contributed by atoms with Gasteiger partial charge in [0.2, 0.25) is 10.0 Å². The fourth-order valence-corrected chi connectivity index (χ4v) is 4.84. The minimum Gasteiger partial charge on any atom is -0.497 e. The maximum Gasteiger partial charge on any atom is 0.254 e. The standard InChI is InChI=1S/C20H22N2O6S/c1-26-16-4-2-3-15(13-16)20(23)21-7-9-22(10-8-21)29(24,25)17-5-6-18-19(14-17)28-12-11-27-18/h2-6,13-14H,7-12H2,1H3. The van der Waals surface area contributed by atoms with E-state index < -0.39 is 10.0 Å². The third-order valence-electron chi connectivity index (χ3n) is 4.99. The number of ether oxygens (including phenoxy) is 3. The maximum atomic E-state index is 13.0. The number of carbonyl (C=O) groups is 1. The molecule has 2 aromatic carbocycles. The van der Waals surface area contributed by atoms with Crippen LogP contribution in [0.5, 0.6) is 17.2 Å². The monoisotopic (exact) mass is 418 g/mol. The Bertz CT molecular complexity index is 1020. The molecule has 4 rings (SSSR count). The van der Waals surface area contributed by atoms with Crippen molar-refractivity contribution < 1.29 is 27.4 Å². The Kier molecular flexibility index (Phi) is 5.33. The Morgan fingerprint density at radius 1 is 0.966 bits per heavy atom. The lowest BCUT2D eigenvalue weighted by atomic mass is 10.1. The molecule has 0 saturated carbocycles. The second-order valence-electron chi connectivity index (χ2n) is 6.73. The van der Waals surface area contributed by atoms with Crippen molar-refractivity contribution in [3.05, 3.63) is 48.0 Å². The SMILES string of the molecule is COc1cccc(C(=O)N2CCN(S(=O)(=O)c3ccc4c(c3)OCCO4)CC2)c1. The van der Waals surface area contributed by atoms with Crippen LogP contribution in [0.3, 0.4) is 0 Å². The molecule has 0 unspecified atom stereocenters. The topological polar surface area (TPSA) is 85.4 Å². The van der Waals surface area contributed by atoms with Crippen LogP contribution < -0.4 is 14.2 Å². The van der Waals surface area contributed by atoms with Gasteiger partial charge in [0.25, 0.3) is 5.91 Å². The molecule has 29 heavy (non-hydrogen) atoms. The molecule has 8 nitrogen and oxygen atoms in total. The molecule has 0 N–H and O–H groups in total. The fraction of sp³-hybridized carbons (Fsp3) is 0.350. The number of piperazine rings is 1. The van der Waals surface area contributed by atoms with Gasteiger partial charge < -0.3 is 19.1 Å². The Labute approximate surface area is 169 Å². The van der Waals surface area contributed by atoms with E-state index in [4.69, 9.17) is 14.2 Å². The number of amides is 1. The first-order valence-corrected chi connectivity index (χ1v) is 10.8. The lowest BCUT2D eigenvalue weighted by Crippen LogP contribution is -2.50. The van der Waals surface area contributed by atoms with Gasteiger partial charge in [-0.15, -0.1) is 0 Å². The number of rotatable bonds is 4. The van der Waals surface area contributed by atoms with Crippen LogP contribution >= 0.6 is 0 Å². The Morgan fingerprint density at radius 2 is 1.69 bits per heavy atom. The molecule has 9 heteroatoms. The fourth-order valence-electron chi connectivity index (χ4n) is 3.40. The van der Waals surface area contributed by atoms with Crippen LogP contribution in [0, 0.1) is 0 Å². The van der Waals surface area contributed by atoms with E-state index in [9.17, 15) is 13.2 Å². The van der Waals surface area contributed by atoms with Gasteiger partial charge in [-0.05, 0) is 30.3 Å². The van der Waals surface area contributed by atoms with E-state index in [0.717, 1.165) is 0 Å². The van der Waals surface area contributed by atoms with E-state index in [0.29, 0.717) is 49.1 Å². The van der Waals surface area contributed by atoms with Gasteiger partial charge in [-0.1, -0.05) is 6.07 Å². The summed E-state index contributed by atoms with van der Waals surface area (Å²) in [5.41, 5.74) is 0.521. The number of nitrogens with zero attached hydrogens (tertiary/aromatic N) is 2. The Balaban J connectivity index is 1.45. The predicted molar refractivity (Wildman–Crippen MR) is 105 cm³/mol. The number of hydrogen-bond donors (Lipinski definition) is 0. The van der Waals surface area contributed by atoms with E-state index in [1.807, 2.05) is 0 Å². The van der Waals surface area contributed by atoms with Crippen molar-refractivity contribution in [2.24, 2.45) is 0 Å². The third-order valence-corrected chi connectivity index (χ3v) is 6.89. The van der Waals surface area contributed by atoms with Gasteiger partial charge in [-0.2, -0.15) is 4.31 Å². The van der Waals surface area contributed by atoms with Crippen LogP contribution in [-0.2, 0) is 10.0 Å². The highest BCUT2D eigenvalue weighted by Crippen LogP contribution is 2.33. The summed E-state index contributed by atoms with van der Waals surface area (Å²) in [4.78, 5) is 14.5. The number of sulfonamides is 1. The highest BCUT2D eigenvalue weighted by molar-refractivity contribution is 7.89. The Hall–Kier alpha value is -2.78. The minimum absolute atomic E-state index is 0.139. The third kappa shape index (κ3) is 3.88. The maximum absolute atomic E-state index is 13.0. The first-order valence-electron chi connectivity index (χ1n) is 9.32. The molecule has 2 aliphatic heterocycles.